The van der Waals surface area contributed by atoms with Crippen molar-refractivity contribution in [2.45, 2.75) is 13.8 Å². The van der Waals surface area contributed by atoms with E-state index in [1.54, 1.807) is 20.1 Å². The minimum atomic E-state index is 0.588. The molecule has 0 atom stereocenters. The standard InChI is InChI=1S/C5H8ClNO/c1-3-7-8-5(2)4-6/h3-4H,1-2H3/b5-4+,7-3-. The Morgan fingerprint density at radius 2 is 2.38 bits per heavy atom. The van der Waals surface area contributed by atoms with Crippen molar-refractivity contribution in [3.05, 3.63) is 11.3 Å². The predicted octanol–water partition coefficient (Wildman–Crippen LogP) is 2.11. The normalized spacial score (nSPS) is 12.6. The smallest absolute Gasteiger partial charge is 0.143 e. The monoisotopic (exact) mass is 133 g/mol. The molecular weight excluding hydrogens is 126 g/mol. The van der Waals surface area contributed by atoms with Gasteiger partial charge in [0.1, 0.15) is 5.76 Å². The van der Waals surface area contributed by atoms with Crippen LogP contribution in [0.2, 0.25) is 0 Å². The van der Waals surface area contributed by atoms with Crippen molar-refractivity contribution < 1.29 is 4.84 Å². The van der Waals surface area contributed by atoms with Crippen molar-refractivity contribution >= 4 is 17.8 Å². The number of allylic oxidation sites excluding steroid dienone is 1. The first-order chi connectivity index (χ1) is 3.81. The molecule has 0 N–H and O–H groups in total. The van der Waals surface area contributed by atoms with Crippen molar-refractivity contribution in [2.75, 3.05) is 0 Å². The molecule has 0 aliphatic heterocycles. The quantitative estimate of drug-likeness (QED) is 0.321. The Hall–Kier alpha value is -0.500. The third-order valence-electron chi connectivity index (χ3n) is 0.456. The summed E-state index contributed by atoms with van der Waals surface area (Å²) in [5.41, 5.74) is 1.33. The summed E-state index contributed by atoms with van der Waals surface area (Å²) in [6.45, 7) is 3.49. The lowest BCUT2D eigenvalue weighted by atomic mass is 10.7. The van der Waals surface area contributed by atoms with Gasteiger partial charge in [-0.15, -0.1) is 0 Å². The second-order valence-electron chi connectivity index (χ2n) is 1.17. The van der Waals surface area contributed by atoms with E-state index in [0.717, 1.165) is 0 Å². The molecule has 0 aliphatic carbocycles. The van der Waals surface area contributed by atoms with Crippen LogP contribution in [-0.4, -0.2) is 6.21 Å². The van der Waals surface area contributed by atoms with Gasteiger partial charge in [-0.2, -0.15) is 0 Å². The largest absolute Gasteiger partial charge is 0.361 e. The van der Waals surface area contributed by atoms with E-state index < -0.39 is 0 Å². The molecule has 0 rings (SSSR count). The van der Waals surface area contributed by atoms with Gasteiger partial charge in [0, 0.05) is 11.7 Å². The Balaban J connectivity index is 3.40. The van der Waals surface area contributed by atoms with E-state index in [-0.39, 0.29) is 0 Å². The molecule has 46 valence electrons. The second kappa shape index (κ2) is 4.65. The minimum absolute atomic E-state index is 0.588. The number of halogens is 1. The molecule has 0 amide bonds. The van der Waals surface area contributed by atoms with Crippen LogP contribution in [0.5, 0.6) is 0 Å². The Morgan fingerprint density at radius 1 is 1.75 bits per heavy atom. The molecule has 0 aromatic rings. The number of hydrogen-bond donors (Lipinski definition) is 0. The maximum absolute atomic E-state index is 5.23. The van der Waals surface area contributed by atoms with Gasteiger partial charge in [-0.3, -0.25) is 0 Å². The summed E-state index contributed by atoms with van der Waals surface area (Å²) < 4.78 is 0. The van der Waals surface area contributed by atoms with Gasteiger partial charge in [-0.1, -0.05) is 16.8 Å². The zero-order chi connectivity index (χ0) is 6.41. The molecule has 0 aromatic carbocycles. The fourth-order valence-corrected chi connectivity index (χ4v) is 0.196. The van der Waals surface area contributed by atoms with Crippen LogP contribution in [-0.2, 0) is 4.84 Å². The van der Waals surface area contributed by atoms with Gasteiger partial charge in [0.05, 0.1) is 0 Å². The van der Waals surface area contributed by atoms with E-state index in [1.165, 1.54) is 5.54 Å². The average Bonchev–Trinajstić information content (AvgIpc) is 1.83. The fraction of sp³-hybridized carbons (Fsp3) is 0.400. The molecule has 0 fully saturated rings. The van der Waals surface area contributed by atoms with Crippen molar-refractivity contribution in [2.24, 2.45) is 5.16 Å². The lowest BCUT2D eigenvalue weighted by Crippen LogP contribution is -1.75. The zero-order valence-electron chi connectivity index (χ0n) is 4.89. The van der Waals surface area contributed by atoms with Crippen molar-refractivity contribution in [1.29, 1.82) is 0 Å². The first-order valence-corrected chi connectivity index (χ1v) is 2.67. The van der Waals surface area contributed by atoms with Crippen molar-refractivity contribution in [3.63, 3.8) is 0 Å². The van der Waals surface area contributed by atoms with Gasteiger partial charge in [0.2, 0.25) is 0 Å². The third-order valence-corrected chi connectivity index (χ3v) is 0.763. The summed E-state index contributed by atoms with van der Waals surface area (Å²) in [4.78, 5) is 4.64. The highest BCUT2D eigenvalue weighted by molar-refractivity contribution is 6.25. The molecule has 0 radical (unpaired) electrons. The number of hydrogen-bond acceptors (Lipinski definition) is 2. The van der Waals surface area contributed by atoms with Crippen LogP contribution in [0.25, 0.3) is 0 Å². The van der Waals surface area contributed by atoms with Gasteiger partial charge in [-0.25, -0.2) is 0 Å². The van der Waals surface area contributed by atoms with Gasteiger partial charge in [-0.05, 0) is 13.8 Å². The molecule has 0 heterocycles. The maximum Gasteiger partial charge on any atom is 0.143 e. The van der Waals surface area contributed by atoms with Gasteiger partial charge in [0.15, 0.2) is 0 Å². The third kappa shape index (κ3) is 3.68. The molecule has 0 bridgehead atoms. The molecular formula is C5H8ClNO. The van der Waals surface area contributed by atoms with Crippen LogP contribution >= 0.6 is 11.6 Å². The molecule has 8 heavy (non-hydrogen) atoms. The van der Waals surface area contributed by atoms with Gasteiger partial charge >= 0.3 is 0 Å². The SMILES string of the molecule is C/C=N\O/C(C)=C/Cl. The summed E-state index contributed by atoms with van der Waals surface area (Å²) in [7, 11) is 0. The highest BCUT2D eigenvalue weighted by Gasteiger charge is 1.79. The van der Waals surface area contributed by atoms with E-state index in [0.29, 0.717) is 5.76 Å². The van der Waals surface area contributed by atoms with E-state index in [2.05, 4.69) is 9.99 Å². The van der Waals surface area contributed by atoms with E-state index in [4.69, 9.17) is 11.6 Å². The summed E-state index contributed by atoms with van der Waals surface area (Å²) in [5, 5.41) is 3.46. The highest BCUT2D eigenvalue weighted by atomic mass is 35.5. The average molecular weight is 134 g/mol. The molecule has 3 heteroatoms. The van der Waals surface area contributed by atoms with Crippen molar-refractivity contribution in [1.82, 2.24) is 0 Å². The number of nitrogens with zero attached hydrogens (tertiary/aromatic N) is 1. The summed E-state index contributed by atoms with van der Waals surface area (Å²) in [6, 6.07) is 0. The number of rotatable bonds is 2. The van der Waals surface area contributed by atoms with E-state index in [9.17, 15) is 0 Å². The number of oxime groups is 1. The van der Waals surface area contributed by atoms with Gasteiger partial charge < -0.3 is 4.84 Å². The summed E-state index contributed by atoms with van der Waals surface area (Å²) >= 11 is 5.23. The minimum Gasteiger partial charge on any atom is -0.361 e. The van der Waals surface area contributed by atoms with Crippen molar-refractivity contribution in [3.8, 4) is 0 Å². The lowest BCUT2D eigenvalue weighted by molar-refractivity contribution is 0.232. The molecule has 0 aliphatic rings. The molecule has 0 unspecified atom stereocenters. The van der Waals surface area contributed by atoms with Crippen LogP contribution in [0.1, 0.15) is 13.8 Å². The fourth-order valence-electron chi connectivity index (χ4n) is 0.156. The topological polar surface area (TPSA) is 21.6 Å². The maximum atomic E-state index is 5.23. The Kier molecular flexibility index (Phi) is 4.36. The molecule has 0 saturated heterocycles. The van der Waals surface area contributed by atoms with Crippen LogP contribution in [0.4, 0.5) is 0 Å². The van der Waals surface area contributed by atoms with Crippen LogP contribution in [0, 0.1) is 0 Å². The molecule has 0 aromatic heterocycles. The molecule has 0 spiro atoms. The summed E-state index contributed by atoms with van der Waals surface area (Å²) in [5.74, 6) is 0.588. The first kappa shape index (κ1) is 7.50. The molecule has 0 saturated carbocycles. The highest BCUT2D eigenvalue weighted by Crippen LogP contribution is 1.96. The Morgan fingerprint density at radius 3 is 2.75 bits per heavy atom. The molecule has 2 nitrogen and oxygen atoms in total. The van der Waals surface area contributed by atoms with Gasteiger partial charge in [0.25, 0.3) is 0 Å². The Labute approximate surface area is 53.8 Å². The van der Waals surface area contributed by atoms with E-state index >= 15 is 0 Å². The van der Waals surface area contributed by atoms with Crippen LogP contribution in [0.15, 0.2) is 16.5 Å². The van der Waals surface area contributed by atoms with Crippen LogP contribution < -0.4 is 0 Å². The second-order valence-corrected chi connectivity index (χ2v) is 1.39. The Bertz CT molecular complexity index is 109. The van der Waals surface area contributed by atoms with E-state index in [1.807, 2.05) is 0 Å². The van der Waals surface area contributed by atoms with Crippen LogP contribution in [0.3, 0.4) is 0 Å². The zero-order valence-corrected chi connectivity index (χ0v) is 5.64. The first-order valence-electron chi connectivity index (χ1n) is 2.23. The lowest BCUT2D eigenvalue weighted by Gasteiger charge is -1.90. The summed E-state index contributed by atoms with van der Waals surface area (Å²) in [6.07, 6.45) is 1.55. The predicted molar refractivity (Wildman–Crippen MR) is 34.9 cm³/mol.